The van der Waals surface area contributed by atoms with E-state index in [0.717, 1.165) is 28.8 Å². The van der Waals surface area contributed by atoms with E-state index in [2.05, 4.69) is 29.8 Å². The average molecular weight is 319 g/mol. The Kier molecular flexibility index (Phi) is 6.38. The van der Waals surface area contributed by atoms with Gasteiger partial charge in [-0.3, -0.25) is 0 Å². The number of hydrogen-bond donors (Lipinski definition) is 0. The molecule has 2 nitrogen and oxygen atoms in total. The maximum absolute atomic E-state index is 10.9. The summed E-state index contributed by atoms with van der Waals surface area (Å²) in [4.78, 5) is 0. The largest absolute Gasteiger partial charge is 0.617 e. The summed E-state index contributed by atoms with van der Waals surface area (Å²) in [6.07, 6.45) is 3.65. The van der Waals surface area contributed by atoms with Gasteiger partial charge in [-0.05, 0) is 49.9 Å². The van der Waals surface area contributed by atoms with Crippen molar-refractivity contribution < 1.29 is 9.29 Å². The highest BCUT2D eigenvalue weighted by Crippen LogP contribution is 2.26. The molecule has 4 heteroatoms. The third-order valence-corrected chi connectivity index (χ3v) is 4.62. The molecule has 0 aromatic heterocycles. The SMILES string of the molecule is Cc1cc(OCCCC[S+](C)[O-])cc(C)c1Br. The van der Waals surface area contributed by atoms with Crippen molar-refractivity contribution in [1.82, 2.24) is 0 Å². The minimum absolute atomic E-state index is 0.686. The quantitative estimate of drug-likeness (QED) is 0.593. The van der Waals surface area contributed by atoms with Crippen molar-refractivity contribution in [3.8, 4) is 5.75 Å². The highest BCUT2D eigenvalue weighted by molar-refractivity contribution is 9.10. The highest BCUT2D eigenvalue weighted by atomic mass is 79.9. The van der Waals surface area contributed by atoms with Gasteiger partial charge < -0.3 is 9.29 Å². The molecule has 0 radical (unpaired) electrons. The van der Waals surface area contributed by atoms with E-state index >= 15 is 0 Å². The van der Waals surface area contributed by atoms with Gasteiger partial charge in [-0.2, -0.15) is 0 Å². The van der Waals surface area contributed by atoms with Crippen LogP contribution in [0.5, 0.6) is 5.75 Å². The number of benzene rings is 1. The predicted molar refractivity (Wildman–Crippen MR) is 77.3 cm³/mol. The van der Waals surface area contributed by atoms with Crippen LogP contribution < -0.4 is 4.74 Å². The van der Waals surface area contributed by atoms with E-state index in [0.29, 0.717) is 6.61 Å². The summed E-state index contributed by atoms with van der Waals surface area (Å²) in [6.45, 7) is 4.81. The van der Waals surface area contributed by atoms with E-state index in [1.807, 2.05) is 12.1 Å². The fourth-order valence-corrected chi connectivity index (χ4v) is 2.43. The first kappa shape index (κ1) is 14.9. The Labute approximate surface area is 115 Å². The van der Waals surface area contributed by atoms with Gasteiger partial charge >= 0.3 is 0 Å². The van der Waals surface area contributed by atoms with E-state index in [4.69, 9.17) is 4.74 Å². The van der Waals surface area contributed by atoms with Crippen molar-refractivity contribution in [3.05, 3.63) is 27.7 Å². The number of aryl methyl sites for hydroxylation is 2. The van der Waals surface area contributed by atoms with Crippen LogP contribution in [0.3, 0.4) is 0 Å². The van der Waals surface area contributed by atoms with Crippen LogP contribution in [0.15, 0.2) is 16.6 Å². The standard InChI is InChI=1S/C13H19BrO2S/c1-10-8-12(9-11(2)13(10)14)16-6-4-5-7-17(3)15/h8-9H,4-7H2,1-3H3. The van der Waals surface area contributed by atoms with E-state index in [1.54, 1.807) is 6.26 Å². The monoisotopic (exact) mass is 318 g/mol. The summed E-state index contributed by atoms with van der Waals surface area (Å²) >= 11 is 2.85. The first-order valence-corrected chi connectivity index (χ1v) is 8.22. The lowest BCUT2D eigenvalue weighted by Crippen LogP contribution is -2.05. The molecule has 0 spiro atoms. The molecule has 0 aliphatic heterocycles. The topological polar surface area (TPSA) is 32.3 Å². The Bertz CT molecular complexity index is 343. The Morgan fingerprint density at radius 2 is 1.82 bits per heavy atom. The Hall–Kier alpha value is -0.190. The van der Waals surface area contributed by atoms with Gasteiger partial charge in [0.25, 0.3) is 0 Å². The van der Waals surface area contributed by atoms with Crippen molar-refractivity contribution in [3.63, 3.8) is 0 Å². The molecular formula is C13H19BrO2S. The molecule has 1 atom stereocenters. The fourth-order valence-electron chi connectivity index (χ4n) is 1.59. The zero-order valence-corrected chi connectivity index (χ0v) is 13.0. The molecule has 17 heavy (non-hydrogen) atoms. The van der Waals surface area contributed by atoms with Crippen LogP contribution in [0.4, 0.5) is 0 Å². The summed E-state index contributed by atoms with van der Waals surface area (Å²) in [7, 11) is 0. The Balaban J connectivity index is 2.37. The van der Waals surface area contributed by atoms with Crippen LogP contribution in [-0.4, -0.2) is 23.2 Å². The molecule has 0 aliphatic carbocycles. The van der Waals surface area contributed by atoms with Crippen LogP contribution in [-0.2, 0) is 11.2 Å². The molecule has 1 aromatic carbocycles. The summed E-state index contributed by atoms with van der Waals surface area (Å²) in [5, 5.41) is 0. The van der Waals surface area contributed by atoms with Crippen molar-refractivity contribution in [2.75, 3.05) is 18.6 Å². The summed E-state index contributed by atoms with van der Waals surface area (Å²) in [5.74, 6) is 1.68. The minimum atomic E-state index is -0.686. The molecule has 1 unspecified atom stereocenters. The normalized spacial score (nSPS) is 12.5. The fraction of sp³-hybridized carbons (Fsp3) is 0.538. The van der Waals surface area contributed by atoms with Gasteiger partial charge in [0.15, 0.2) is 0 Å². The number of ether oxygens (including phenoxy) is 1. The summed E-state index contributed by atoms with van der Waals surface area (Å²) in [5.41, 5.74) is 2.38. The second-order valence-corrected chi connectivity index (χ2v) is 6.55. The number of unbranched alkanes of at least 4 members (excludes halogenated alkanes) is 1. The predicted octanol–water partition coefficient (Wildman–Crippen LogP) is 3.60. The lowest BCUT2D eigenvalue weighted by atomic mass is 10.1. The van der Waals surface area contributed by atoms with Gasteiger partial charge in [-0.1, -0.05) is 27.1 Å². The van der Waals surface area contributed by atoms with Crippen LogP contribution in [0.2, 0.25) is 0 Å². The molecule has 0 aliphatic rings. The van der Waals surface area contributed by atoms with Crippen molar-refractivity contribution in [2.24, 2.45) is 0 Å². The van der Waals surface area contributed by atoms with E-state index < -0.39 is 11.2 Å². The molecule has 0 saturated heterocycles. The van der Waals surface area contributed by atoms with Crippen molar-refractivity contribution >= 4 is 27.1 Å². The minimum Gasteiger partial charge on any atom is -0.617 e. The molecule has 0 fully saturated rings. The smallest absolute Gasteiger partial charge is 0.119 e. The highest BCUT2D eigenvalue weighted by Gasteiger charge is 2.03. The molecule has 96 valence electrons. The van der Waals surface area contributed by atoms with Crippen molar-refractivity contribution in [2.45, 2.75) is 26.7 Å². The molecule has 1 aromatic rings. The second kappa shape index (κ2) is 7.29. The van der Waals surface area contributed by atoms with Crippen LogP contribution in [0, 0.1) is 13.8 Å². The number of halogens is 1. The Morgan fingerprint density at radius 3 is 2.35 bits per heavy atom. The summed E-state index contributed by atoms with van der Waals surface area (Å²) in [6, 6.07) is 4.07. The molecule has 1 rings (SSSR count). The number of hydrogen-bond acceptors (Lipinski definition) is 2. The van der Waals surface area contributed by atoms with Gasteiger partial charge in [0.1, 0.15) is 11.5 Å². The lowest BCUT2D eigenvalue weighted by Gasteiger charge is -2.10. The van der Waals surface area contributed by atoms with Gasteiger partial charge in [-0.15, -0.1) is 0 Å². The molecule has 0 amide bonds. The average Bonchev–Trinajstić information content (AvgIpc) is 2.25. The molecular weight excluding hydrogens is 300 g/mol. The molecule has 0 saturated carbocycles. The second-order valence-electron chi connectivity index (χ2n) is 4.20. The van der Waals surface area contributed by atoms with Crippen LogP contribution in [0.25, 0.3) is 0 Å². The first-order chi connectivity index (χ1) is 8.00. The maximum Gasteiger partial charge on any atom is 0.119 e. The number of rotatable bonds is 6. The van der Waals surface area contributed by atoms with Crippen molar-refractivity contribution in [1.29, 1.82) is 0 Å². The zero-order chi connectivity index (χ0) is 12.8. The Morgan fingerprint density at radius 1 is 1.24 bits per heavy atom. The van der Waals surface area contributed by atoms with Gasteiger partial charge in [0.2, 0.25) is 0 Å². The molecule has 0 heterocycles. The zero-order valence-electron chi connectivity index (χ0n) is 10.6. The maximum atomic E-state index is 10.9. The van der Waals surface area contributed by atoms with E-state index in [-0.39, 0.29) is 0 Å². The lowest BCUT2D eigenvalue weighted by molar-refractivity contribution is 0.309. The third-order valence-electron chi connectivity index (χ3n) is 2.50. The van der Waals surface area contributed by atoms with Gasteiger partial charge in [-0.25, -0.2) is 0 Å². The van der Waals surface area contributed by atoms with Gasteiger partial charge in [0.05, 0.1) is 12.9 Å². The molecule has 0 N–H and O–H groups in total. The van der Waals surface area contributed by atoms with Crippen LogP contribution in [0.1, 0.15) is 24.0 Å². The summed E-state index contributed by atoms with van der Waals surface area (Å²) < 4.78 is 17.7. The molecule has 0 bridgehead atoms. The van der Waals surface area contributed by atoms with E-state index in [1.165, 1.54) is 11.1 Å². The van der Waals surface area contributed by atoms with Gasteiger partial charge in [0, 0.05) is 4.47 Å². The van der Waals surface area contributed by atoms with Crippen LogP contribution >= 0.6 is 15.9 Å². The third kappa shape index (κ3) is 5.32. The first-order valence-electron chi connectivity index (χ1n) is 5.70. The van der Waals surface area contributed by atoms with E-state index in [9.17, 15) is 4.55 Å².